The Kier molecular flexibility index (Phi) is 4.24. The van der Waals surface area contributed by atoms with Gasteiger partial charge >= 0.3 is 0 Å². The van der Waals surface area contributed by atoms with Gasteiger partial charge < -0.3 is 10.6 Å². The van der Waals surface area contributed by atoms with Gasteiger partial charge in [-0.05, 0) is 25.8 Å². The lowest BCUT2D eigenvalue weighted by atomic mass is 9.93. The van der Waals surface area contributed by atoms with Crippen molar-refractivity contribution in [2.75, 3.05) is 24.5 Å². The monoisotopic (exact) mass is 222 g/mol. The first-order chi connectivity index (χ1) is 7.50. The number of rotatable bonds is 5. The molecule has 4 nitrogen and oxygen atoms in total. The Morgan fingerprint density at radius 1 is 1.31 bits per heavy atom. The van der Waals surface area contributed by atoms with Crippen LogP contribution in [0.3, 0.4) is 0 Å². The molecule has 1 heterocycles. The fraction of sp³-hybridized carbons (Fsp3) is 0.667. The summed E-state index contributed by atoms with van der Waals surface area (Å²) in [4.78, 5) is 10.9. The average Bonchev–Trinajstić information content (AvgIpc) is 2.27. The maximum Gasteiger partial charge on any atom is 0.150 e. The fourth-order valence-electron chi connectivity index (χ4n) is 1.63. The van der Waals surface area contributed by atoms with Gasteiger partial charge in [0.2, 0.25) is 0 Å². The number of nitrogens with zero attached hydrogens (tertiary/aromatic N) is 3. The number of aryl methyl sites for hydroxylation is 1. The molecule has 0 unspecified atom stereocenters. The molecule has 2 N–H and O–H groups in total. The molecule has 1 rings (SSSR count). The van der Waals surface area contributed by atoms with Crippen LogP contribution < -0.4 is 10.6 Å². The van der Waals surface area contributed by atoms with E-state index in [1.165, 1.54) is 0 Å². The molecular weight excluding hydrogens is 200 g/mol. The van der Waals surface area contributed by atoms with Crippen LogP contribution in [0.2, 0.25) is 0 Å². The first-order valence-corrected chi connectivity index (χ1v) is 5.73. The molecule has 0 aliphatic rings. The quantitative estimate of drug-likeness (QED) is 0.822. The van der Waals surface area contributed by atoms with Crippen LogP contribution in [0, 0.1) is 12.3 Å². The summed E-state index contributed by atoms with van der Waals surface area (Å²) in [6.07, 6.45) is 3.46. The highest BCUT2D eigenvalue weighted by Crippen LogP contribution is 2.20. The molecule has 0 saturated heterocycles. The summed E-state index contributed by atoms with van der Waals surface area (Å²) >= 11 is 0. The van der Waals surface area contributed by atoms with Crippen LogP contribution in [0.1, 0.15) is 26.5 Å². The van der Waals surface area contributed by atoms with Crippen molar-refractivity contribution in [1.82, 2.24) is 9.97 Å². The van der Waals surface area contributed by atoms with Gasteiger partial charge in [0.05, 0.1) is 5.69 Å². The average molecular weight is 222 g/mol. The van der Waals surface area contributed by atoms with Gasteiger partial charge in [0.15, 0.2) is 0 Å². The van der Waals surface area contributed by atoms with Gasteiger partial charge in [-0.1, -0.05) is 13.8 Å². The third-order valence-corrected chi connectivity index (χ3v) is 2.71. The maximum atomic E-state index is 5.76. The van der Waals surface area contributed by atoms with Gasteiger partial charge in [0.25, 0.3) is 0 Å². The number of nitrogens with two attached hydrogens (primary N) is 1. The van der Waals surface area contributed by atoms with E-state index >= 15 is 0 Å². The van der Waals surface area contributed by atoms with Crippen molar-refractivity contribution in [3.8, 4) is 0 Å². The molecule has 0 amide bonds. The summed E-state index contributed by atoms with van der Waals surface area (Å²) in [5.74, 6) is 0.964. The first kappa shape index (κ1) is 12.9. The van der Waals surface area contributed by atoms with Crippen LogP contribution in [-0.4, -0.2) is 29.6 Å². The molecular formula is C12H22N4. The molecule has 90 valence electrons. The molecule has 0 aliphatic carbocycles. The zero-order chi connectivity index (χ0) is 12.2. The van der Waals surface area contributed by atoms with Crippen molar-refractivity contribution < 1.29 is 0 Å². The van der Waals surface area contributed by atoms with E-state index in [0.29, 0.717) is 6.54 Å². The topological polar surface area (TPSA) is 55.0 Å². The Labute approximate surface area is 97.9 Å². The number of hydrogen-bond donors (Lipinski definition) is 1. The minimum Gasteiger partial charge on any atom is -0.355 e. The Morgan fingerprint density at radius 3 is 2.44 bits per heavy atom. The maximum absolute atomic E-state index is 5.76. The fourth-order valence-corrected chi connectivity index (χ4v) is 1.63. The van der Waals surface area contributed by atoms with Crippen molar-refractivity contribution in [3.05, 3.63) is 18.1 Å². The summed E-state index contributed by atoms with van der Waals surface area (Å²) in [7, 11) is 0. The van der Waals surface area contributed by atoms with E-state index in [0.717, 1.165) is 24.6 Å². The molecule has 1 aromatic rings. The second kappa shape index (κ2) is 5.25. The Balaban J connectivity index is 2.87. The highest BCUT2D eigenvalue weighted by Gasteiger charge is 2.21. The van der Waals surface area contributed by atoms with Gasteiger partial charge in [-0.25, -0.2) is 4.98 Å². The van der Waals surface area contributed by atoms with Crippen LogP contribution in [0.5, 0.6) is 0 Å². The third-order valence-electron chi connectivity index (χ3n) is 2.71. The van der Waals surface area contributed by atoms with E-state index in [4.69, 9.17) is 5.73 Å². The van der Waals surface area contributed by atoms with Crippen molar-refractivity contribution in [2.45, 2.75) is 27.7 Å². The zero-order valence-electron chi connectivity index (χ0n) is 10.7. The van der Waals surface area contributed by atoms with Gasteiger partial charge in [0.1, 0.15) is 5.82 Å². The molecule has 4 heteroatoms. The lowest BCUT2D eigenvalue weighted by Crippen LogP contribution is -2.39. The molecule has 0 radical (unpaired) electrons. The summed E-state index contributed by atoms with van der Waals surface area (Å²) in [5, 5.41) is 0. The summed E-state index contributed by atoms with van der Waals surface area (Å²) < 4.78 is 0. The second-order valence-corrected chi connectivity index (χ2v) is 4.85. The molecule has 0 bridgehead atoms. The summed E-state index contributed by atoms with van der Waals surface area (Å²) in [6, 6.07) is 0. The largest absolute Gasteiger partial charge is 0.355 e. The minimum absolute atomic E-state index is 0.0972. The molecule has 0 saturated carbocycles. The van der Waals surface area contributed by atoms with E-state index in [1.807, 2.05) is 6.92 Å². The van der Waals surface area contributed by atoms with Crippen molar-refractivity contribution >= 4 is 5.82 Å². The van der Waals surface area contributed by atoms with E-state index in [1.54, 1.807) is 12.4 Å². The third kappa shape index (κ3) is 3.17. The second-order valence-electron chi connectivity index (χ2n) is 4.85. The Morgan fingerprint density at radius 2 is 1.94 bits per heavy atom. The van der Waals surface area contributed by atoms with Crippen molar-refractivity contribution in [3.63, 3.8) is 0 Å². The van der Waals surface area contributed by atoms with Crippen LogP contribution in [0.25, 0.3) is 0 Å². The first-order valence-electron chi connectivity index (χ1n) is 5.73. The predicted molar refractivity (Wildman–Crippen MR) is 67.5 cm³/mol. The lowest BCUT2D eigenvalue weighted by molar-refractivity contribution is 0.378. The number of aromatic nitrogens is 2. The Hall–Kier alpha value is -1.16. The minimum atomic E-state index is 0.0972. The number of hydrogen-bond acceptors (Lipinski definition) is 4. The lowest BCUT2D eigenvalue weighted by Gasteiger charge is -2.32. The van der Waals surface area contributed by atoms with Gasteiger partial charge in [-0.15, -0.1) is 0 Å². The van der Waals surface area contributed by atoms with Crippen LogP contribution in [0.4, 0.5) is 5.82 Å². The molecule has 1 aromatic heterocycles. The van der Waals surface area contributed by atoms with Crippen LogP contribution >= 0.6 is 0 Å². The molecule has 0 aromatic carbocycles. The van der Waals surface area contributed by atoms with E-state index in [2.05, 4.69) is 35.6 Å². The highest BCUT2D eigenvalue weighted by molar-refractivity contribution is 5.42. The standard InChI is InChI=1S/C12H22N4/c1-5-16(9-12(3,4)8-13)11-10(2)14-6-7-15-11/h6-7H,5,8-9,13H2,1-4H3. The number of anilines is 1. The zero-order valence-corrected chi connectivity index (χ0v) is 10.7. The van der Waals surface area contributed by atoms with E-state index in [-0.39, 0.29) is 5.41 Å². The molecule has 0 spiro atoms. The molecule has 0 aliphatic heterocycles. The van der Waals surface area contributed by atoms with Crippen molar-refractivity contribution in [1.29, 1.82) is 0 Å². The molecule has 0 fully saturated rings. The van der Waals surface area contributed by atoms with Gasteiger partial charge in [-0.2, -0.15) is 0 Å². The molecule has 0 atom stereocenters. The predicted octanol–water partition coefficient (Wildman–Crippen LogP) is 1.60. The van der Waals surface area contributed by atoms with Crippen LogP contribution in [-0.2, 0) is 0 Å². The van der Waals surface area contributed by atoms with E-state index in [9.17, 15) is 0 Å². The highest BCUT2D eigenvalue weighted by atomic mass is 15.2. The molecule has 16 heavy (non-hydrogen) atoms. The normalized spacial score (nSPS) is 11.6. The van der Waals surface area contributed by atoms with Gasteiger partial charge in [0, 0.05) is 25.5 Å². The smallest absolute Gasteiger partial charge is 0.150 e. The van der Waals surface area contributed by atoms with Crippen molar-refractivity contribution in [2.24, 2.45) is 11.1 Å². The van der Waals surface area contributed by atoms with E-state index < -0.39 is 0 Å². The summed E-state index contributed by atoms with van der Waals surface area (Å²) in [6.45, 7) is 10.9. The van der Waals surface area contributed by atoms with Crippen LogP contribution in [0.15, 0.2) is 12.4 Å². The Bertz CT molecular complexity index is 336. The van der Waals surface area contributed by atoms with Gasteiger partial charge in [-0.3, -0.25) is 4.98 Å². The SMILES string of the molecule is CCN(CC(C)(C)CN)c1nccnc1C. The summed E-state index contributed by atoms with van der Waals surface area (Å²) in [5.41, 5.74) is 6.83.